The second kappa shape index (κ2) is 9.79. The molecule has 2 heterocycles. The molecule has 9 nitrogen and oxygen atoms in total. The average molecular weight is 495 g/mol. The summed E-state index contributed by atoms with van der Waals surface area (Å²) in [5.41, 5.74) is 0.523. The van der Waals surface area contributed by atoms with Crippen LogP contribution in [0.3, 0.4) is 0 Å². The zero-order valence-electron chi connectivity index (χ0n) is 18.5. The first kappa shape index (κ1) is 24.9. The van der Waals surface area contributed by atoms with Crippen LogP contribution >= 0.6 is 11.6 Å². The fourth-order valence-electron chi connectivity index (χ4n) is 4.27. The van der Waals surface area contributed by atoms with Crippen LogP contribution in [0.4, 0.5) is 0 Å². The Kier molecular flexibility index (Phi) is 7.16. The summed E-state index contributed by atoms with van der Waals surface area (Å²) in [5, 5.41) is 41.8. The van der Waals surface area contributed by atoms with E-state index in [-0.39, 0.29) is 25.8 Å². The summed E-state index contributed by atoms with van der Waals surface area (Å²) in [5.74, 6) is -1.49. The van der Waals surface area contributed by atoms with Gasteiger partial charge in [-0.15, -0.1) is 0 Å². The Morgan fingerprint density at radius 2 is 1.85 bits per heavy atom. The van der Waals surface area contributed by atoms with Gasteiger partial charge in [-0.3, -0.25) is 4.79 Å². The van der Waals surface area contributed by atoms with Crippen molar-refractivity contribution in [1.82, 2.24) is 0 Å². The van der Waals surface area contributed by atoms with Crippen LogP contribution in [0.15, 0.2) is 42.5 Å². The van der Waals surface area contributed by atoms with Gasteiger partial charge in [-0.1, -0.05) is 29.8 Å². The van der Waals surface area contributed by atoms with E-state index in [1.807, 2.05) is 12.1 Å². The van der Waals surface area contributed by atoms with E-state index in [0.29, 0.717) is 22.8 Å². The van der Waals surface area contributed by atoms with Crippen LogP contribution in [-0.4, -0.2) is 76.7 Å². The Balaban J connectivity index is 1.51. The van der Waals surface area contributed by atoms with Crippen LogP contribution in [0.1, 0.15) is 23.6 Å². The molecule has 0 aromatic heterocycles. The van der Waals surface area contributed by atoms with E-state index in [1.54, 1.807) is 30.3 Å². The number of carbonyl (C=O) groups is 1. The molecule has 5 atom stereocenters. The maximum absolute atomic E-state index is 10.8. The van der Waals surface area contributed by atoms with Crippen molar-refractivity contribution < 1.29 is 44.2 Å². The highest BCUT2D eigenvalue weighted by Crippen LogP contribution is 2.49. The number of ether oxygens (including phenoxy) is 4. The number of esters is 1. The molecular formula is C24H27ClO9. The van der Waals surface area contributed by atoms with Crippen molar-refractivity contribution in [2.75, 3.05) is 26.4 Å². The van der Waals surface area contributed by atoms with Crippen LogP contribution in [0.2, 0.25) is 5.02 Å². The summed E-state index contributed by atoms with van der Waals surface area (Å²) < 4.78 is 22.1. The number of aliphatic hydroxyl groups excluding tert-OH is 4. The van der Waals surface area contributed by atoms with E-state index in [9.17, 15) is 25.2 Å². The molecule has 0 saturated carbocycles. The van der Waals surface area contributed by atoms with Gasteiger partial charge in [-0.25, -0.2) is 0 Å². The quantitative estimate of drug-likeness (QED) is 0.312. The summed E-state index contributed by atoms with van der Waals surface area (Å²) in [6, 6.07) is 12.3. The number of aliphatic hydroxyl groups is 4. The second-order valence-electron chi connectivity index (χ2n) is 8.48. The zero-order valence-corrected chi connectivity index (χ0v) is 19.3. The summed E-state index contributed by atoms with van der Waals surface area (Å²) in [6.45, 7) is 0.960. The molecule has 34 heavy (non-hydrogen) atoms. The molecule has 2 aromatic rings. The number of rotatable bonds is 8. The summed E-state index contributed by atoms with van der Waals surface area (Å²) in [7, 11) is 0. The van der Waals surface area contributed by atoms with Crippen molar-refractivity contribution in [2.45, 2.75) is 43.0 Å². The van der Waals surface area contributed by atoms with Crippen LogP contribution in [-0.2, 0) is 31.2 Å². The maximum atomic E-state index is 10.8. The van der Waals surface area contributed by atoms with Crippen molar-refractivity contribution in [3.63, 3.8) is 0 Å². The summed E-state index contributed by atoms with van der Waals surface area (Å²) in [6.07, 6.45) is -4.22. The molecular weight excluding hydrogens is 468 g/mol. The van der Waals surface area contributed by atoms with Crippen LogP contribution in [0.5, 0.6) is 5.75 Å². The van der Waals surface area contributed by atoms with Crippen LogP contribution < -0.4 is 4.74 Å². The Bertz CT molecular complexity index is 1030. The average Bonchev–Trinajstić information content (AvgIpc) is 3.22. The van der Waals surface area contributed by atoms with E-state index in [4.69, 9.17) is 30.5 Å². The Hall–Kier alpha value is -2.24. The number of hydrogen-bond acceptors (Lipinski definition) is 9. The molecule has 10 heteroatoms. The number of benzene rings is 2. The lowest BCUT2D eigenvalue weighted by molar-refractivity contribution is -0.329. The normalized spacial score (nSPS) is 30.2. The van der Waals surface area contributed by atoms with Gasteiger partial charge in [-0.2, -0.15) is 0 Å². The van der Waals surface area contributed by atoms with Gasteiger partial charge < -0.3 is 39.4 Å². The minimum atomic E-state index is -1.75. The molecule has 2 saturated heterocycles. The Morgan fingerprint density at radius 1 is 1.12 bits per heavy atom. The van der Waals surface area contributed by atoms with E-state index in [1.165, 1.54) is 6.92 Å². The van der Waals surface area contributed by atoms with Crippen molar-refractivity contribution in [1.29, 1.82) is 0 Å². The van der Waals surface area contributed by atoms with Crippen molar-refractivity contribution in [2.24, 2.45) is 0 Å². The first-order valence-electron chi connectivity index (χ1n) is 10.8. The van der Waals surface area contributed by atoms with Gasteiger partial charge in [0.15, 0.2) is 0 Å². The molecule has 0 aliphatic carbocycles. The first-order valence-corrected chi connectivity index (χ1v) is 11.2. The van der Waals surface area contributed by atoms with Crippen LogP contribution in [0.25, 0.3) is 0 Å². The first-order chi connectivity index (χ1) is 16.2. The van der Waals surface area contributed by atoms with E-state index < -0.39 is 36.3 Å². The second-order valence-corrected chi connectivity index (χ2v) is 8.88. The molecule has 2 bridgehead atoms. The number of fused-ring (bicyclic) bond motifs is 2. The van der Waals surface area contributed by atoms with E-state index >= 15 is 0 Å². The number of hydrogen-bond donors (Lipinski definition) is 4. The van der Waals surface area contributed by atoms with Gasteiger partial charge in [0.2, 0.25) is 5.79 Å². The molecule has 0 amide bonds. The monoisotopic (exact) mass is 494 g/mol. The predicted molar refractivity (Wildman–Crippen MR) is 119 cm³/mol. The van der Waals surface area contributed by atoms with Gasteiger partial charge in [0.05, 0.1) is 13.2 Å². The van der Waals surface area contributed by atoms with Gasteiger partial charge in [-0.05, 0) is 41.8 Å². The van der Waals surface area contributed by atoms with Crippen molar-refractivity contribution in [3.8, 4) is 5.75 Å². The third kappa shape index (κ3) is 4.52. The molecule has 2 aromatic carbocycles. The van der Waals surface area contributed by atoms with Gasteiger partial charge in [0, 0.05) is 17.5 Å². The molecule has 2 aliphatic rings. The summed E-state index contributed by atoms with van der Waals surface area (Å²) in [4.78, 5) is 10.8. The van der Waals surface area contributed by atoms with Crippen molar-refractivity contribution in [3.05, 3.63) is 64.2 Å². The minimum Gasteiger partial charge on any atom is -0.490 e. The third-order valence-electron chi connectivity index (χ3n) is 6.15. The lowest BCUT2D eigenvalue weighted by atomic mass is 9.83. The van der Waals surface area contributed by atoms with E-state index in [2.05, 4.69) is 0 Å². The molecule has 0 unspecified atom stereocenters. The highest BCUT2D eigenvalue weighted by molar-refractivity contribution is 6.31. The number of halogens is 1. The highest BCUT2D eigenvalue weighted by atomic mass is 35.5. The smallest absolute Gasteiger partial charge is 0.302 e. The largest absolute Gasteiger partial charge is 0.490 e. The minimum absolute atomic E-state index is 0.167. The number of carbonyl (C=O) groups excluding carboxylic acids is 1. The molecule has 0 radical (unpaired) electrons. The lowest BCUT2D eigenvalue weighted by Crippen LogP contribution is -2.65. The fraction of sp³-hybridized carbons (Fsp3) is 0.458. The SMILES string of the molecule is CC(=O)OCCOc1ccc(Cc2cc([C@@]34OC[C@](CO)(O3)[C@@H](O)[C@H](O)[C@H]4O)ccc2Cl)cc1. The molecule has 4 N–H and O–H groups in total. The Morgan fingerprint density at radius 3 is 2.53 bits per heavy atom. The molecule has 184 valence electrons. The fourth-order valence-corrected chi connectivity index (χ4v) is 4.45. The molecule has 2 aliphatic heterocycles. The van der Waals surface area contributed by atoms with Gasteiger partial charge in [0.1, 0.15) is 42.9 Å². The maximum Gasteiger partial charge on any atom is 0.302 e. The van der Waals surface area contributed by atoms with E-state index in [0.717, 1.165) is 11.1 Å². The zero-order chi connectivity index (χ0) is 24.5. The molecule has 4 rings (SSSR count). The Labute approximate surface area is 201 Å². The standard InChI is InChI=1S/C24H27ClO9/c1-14(27)31-8-9-32-18-5-2-15(3-6-18)10-16-11-17(4-7-19(16)25)24-22(30)20(28)21(29)23(12-26,34-24)13-33-24/h2-7,11,20-22,26,28-30H,8-10,12-13H2,1H3/t20-,21-,22+,23-,24+/m0/s1. The predicted octanol–water partition coefficient (Wildman–Crippen LogP) is 0.900. The molecule has 0 spiro atoms. The third-order valence-corrected chi connectivity index (χ3v) is 6.52. The lowest BCUT2D eigenvalue weighted by Gasteiger charge is -2.46. The topological polar surface area (TPSA) is 135 Å². The molecule has 2 fully saturated rings. The van der Waals surface area contributed by atoms with Crippen LogP contribution in [0, 0.1) is 0 Å². The van der Waals surface area contributed by atoms with Crippen molar-refractivity contribution >= 4 is 17.6 Å². The highest BCUT2D eigenvalue weighted by Gasteiger charge is 2.67. The van der Waals surface area contributed by atoms with Gasteiger partial charge >= 0.3 is 5.97 Å². The summed E-state index contributed by atoms with van der Waals surface area (Å²) >= 11 is 6.43. The van der Waals surface area contributed by atoms with Gasteiger partial charge in [0.25, 0.3) is 0 Å².